The number of carbonyl (C=O) groups excluding carboxylic acids is 1. The predicted octanol–water partition coefficient (Wildman–Crippen LogP) is 6.16. The van der Waals surface area contributed by atoms with Gasteiger partial charge in [0.2, 0.25) is 0 Å². The van der Waals surface area contributed by atoms with Gasteiger partial charge in [0.25, 0.3) is 0 Å². The largest absolute Gasteiger partial charge is 0.507 e. The molecule has 7 heteroatoms. The first kappa shape index (κ1) is 26.5. The van der Waals surface area contributed by atoms with Crippen LogP contribution in [0.5, 0.6) is 5.75 Å². The Morgan fingerprint density at radius 2 is 1.50 bits per heavy atom. The number of piperazine rings is 1. The van der Waals surface area contributed by atoms with E-state index >= 15 is 0 Å². The van der Waals surface area contributed by atoms with Crippen molar-refractivity contribution in [2.75, 3.05) is 26.2 Å². The SMILES string of the molecule is CC(C)(C)OC(=O)N1CCN(Cc2nc(-c3cc(C(C)(C)C)c(O)c(C(C)(C)C)c3)cs2)CC1. The number of nitrogens with zero attached hydrogens (tertiary/aromatic N) is 3. The van der Waals surface area contributed by atoms with E-state index in [1.54, 1.807) is 16.2 Å². The van der Waals surface area contributed by atoms with Crippen molar-refractivity contribution >= 4 is 17.4 Å². The second-order valence-corrected chi connectivity index (χ2v) is 13.2. The van der Waals surface area contributed by atoms with Crippen LogP contribution in [-0.4, -0.2) is 57.8 Å². The maximum absolute atomic E-state index is 12.3. The highest BCUT2D eigenvalue weighted by Crippen LogP contribution is 2.42. The molecule has 188 valence electrons. The molecule has 0 aliphatic carbocycles. The van der Waals surface area contributed by atoms with E-state index in [0.717, 1.165) is 47.0 Å². The van der Waals surface area contributed by atoms with Gasteiger partial charge in [0.05, 0.1) is 12.2 Å². The van der Waals surface area contributed by atoms with Crippen LogP contribution in [0.25, 0.3) is 11.3 Å². The van der Waals surface area contributed by atoms with E-state index in [4.69, 9.17) is 9.72 Å². The minimum Gasteiger partial charge on any atom is -0.507 e. The van der Waals surface area contributed by atoms with Crippen LogP contribution in [0.1, 0.15) is 78.4 Å². The minimum absolute atomic E-state index is 0.174. The Balaban J connectivity index is 1.73. The van der Waals surface area contributed by atoms with E-state index < -0.39 is 5.60 Å². The number of rotatable bonds is 3. The zero-order chi connectivity index (χ0) is 25.5. The lowest BCUT2D eigenvalue weighted by atomic mass is 9.78. The molecule has 0 saturated carbocycles. The van der Waals surface area contributed by atoms with Crippen molar-refractivity contribution in [1.29, 1.82) is 0 Å². The topological polar surface area (TPSA) is 65.9 Å². The summed E-state index contributed by atoms with van der Waals surface area (Å²) in [5, 5.41) is 14.2. The Labute approximate surface area is 209 Å². The number of amides is 1. The summed E-state index contributed by atoms with van der Waals surface area (Å²) in [5.41, 5.74) is 3.07. The number of thiazole rings is 1. The van der Waals surface area contributed by atoms with Crippen LogP contribution in [0.4, 0.5) is 4.79 Å². The van der Waals surface area contributed by atoms with Gasteiger partial charge in [-0.3, -0.25) is 4.90 Å². The van der Waals surface area contributed by atoms with Crippen molar-refractivity contribution in [3.63, 3.8) is 0 Å². The van der Waals surface area contributed by atoms with Gasteiger partial charge in [-0.25, -0.2) is 9.78 Å². The van der Waals surface area contributed by atoms with Crippen LogP contribution in [0.15, 0.2) is 17.5 Å². The minimum atomic E-state index is -0.473. The highest BCUT2D eigenvalue weighted by atomic mass is 32.1. The molecule has 0 atom stereocenters. The summed E-state index contributed by atoms with van der Waals surface area (Å²) in [6.45, 7) is 22.1. The van der Waals surface area contributed by atoms with Crippen LogP contribution in [-0.2, 0) is 22.1 Å². The van der Waals surface area contributed by atoms with Gasteiger partial charge in [-0.15, -0.1) is 11.3 Å². The quantitative estimate of drug-likeness (QED) is 0.561. The number of hydrogen-bond donors (Lipinski definition) is 1. The Morgan fingerprint density at radius 1 is 0.971 bits per heavy atom. The molecule has 3 rings (SSSR count). The van der Waals surface area contributed by atoms with Crippen molar-refractivity contribution < 1.29 is 14.6 Å². The fourth-order valence-electron chi connectivity index (χ4n) is 4.05. The van der Waals surface area contributed by atoms with Crippen LogP contribution >= 0.6 is 11.3 Å². The Kier molecular flexibility index (Phi) is 7.40. The smallest absolute Gasteiger partial charge is 0.410 e. The molecule has 2 aromatic rings. The summed E-state index contributed by atoms with van der Waals surface area (Å²) >= 11 is 1.66. The Bertz CT molecular complexity index is 982. The Morgan fingerprint density at radius 3 is 1.97 bits per heavy atom. The average Bonchev–Trinajstić information content (AvgIpc) is 3.14. The predicted molar refractivity (Wildman–Crippen MR) is 140 cm³/mol. The van der Waals surface area contributed by atoms with E-state index in [9.17, 15) is 9.90 Å². The molecule has 1 amide bonds. The van der Waals surface area contributed by atoms with E-state index in [1.807, 2.05) is 20.8 Å². The number of carbonyl (C=O) groups is 1. The molecule has 1 saturated heterocycles. The third-order valence-corrected chi connectivity index (χ3v) is 6.79. The molecular weight excluding hydrogens is 446 g/mol. The summed E-state index contributed by atoms with van der Waals surface area (Å²) < 4.78 is 5.50. The second-order valence-electron chi connectivity index (χ2n) is 12.3. The van der Waals surface area contributed by atoms with Gasteiger partial charge in [0, 0.05) is 48.2 Å². The summed E-state index contributed by atoms with van der Waals surface area (Å²) in [7, 11) is 0. The lowest BCUT2D eigenvalue weighted by molar-refractivity contribution is 0.0139. The number of ether oxygens (including phenoxy) is 1. The lowest BCUT2D eigenvalue weighted by Crippen LogP contribution is -2.49. The van der Waals surface area contributed by atoms with Crippen LogP contribution in [0.2, 0.25) is 0 Å². The number of phenolic OH excluding ortho intramolecular Hbond substituents is 1. The molecule has 1 aliphatic rings. The summed E-state index contributed by atoms with van der Waals surface area (Å²) in [4.78, 5) is 21.4. The van der Waals surface area contributed by atoms with Gasteiger partial charge in [0.1, 0.15) is 16.4 Å². The summed E-state index contributed by atoms with van der Waals surface area (Å²) in [6.07, 6.45) is -0.236. The van der Waals surface area contributed by atoms with Crippen LogP contribution in [0.3, 0.4) is 0 Å². The van der Waals surface area contributed by atoms with Gasteiger partial charge in [-0.1, -0.05) is 41.5 Å². The third-order valence-electron chi connectivity index (χ3n) is 5.96. The molecule has 1 fully saturated rings. The third kappa shape index (κ3) is 6.51. The zero-order valence-corrected chi connectivity index (χ0v) is 23.1. The molecule has 1 aromatic heterocycles. The molecule has 34 heavy (non-hydrogen) atoms. The van der Waals surface area contributed by atoms with E-state index in [-0.39, 0.29) is 16.9 Å². The zero-order valence-electron chi connectivity index (χ0n) is 22.3. The van der Waals surface area contributed by atoms with Gasteiger partial charge in [0.15, 0.2) is 0 Å². The summed E-state index contributed by atoms with van der Waals surface area (Å²) in [6, 6.07) is 4.17. The van der Waals surface area contributed by atoms with Crippen LogP contribution < -0.4 is 0 Å². The molecule has 2 heterocycles. The molecule has 0 radical (unpaired) electrons. The van der Waals surface area contributed by atoms with E-state index in [1.165, 1.54) is 0 Å². The molecule has 0 bridgehead atoms. The van der Waals surface area contributed by atoms with E-state index in [2.05, 4.69) is 64.0 Å². The van der Waals surface area contributed by atoms with Gasteiger partial charge in [-0.2, -0.15) is 0 Å². The highest BCUT2D eigenvalue weighted by molar-refractivity contribution is 7.09. The molecule has 0 spiro atoms. The van der Waals surface area contributed by atoms with Crippen molar-refractivity contribution in [2.45, 2.75) is 85.3 Å². The maximum Gasteiger partial charge on any atom is 0.410 e. The first-order chi connectivity index (χ1) is 15.5. The molecule has 1 aromatic carbocycles. The van der Waals surface area contributed by atoms with Crippen molar-refractivity contribution in [2.24, 2.45) is 0 Å². The Hall–Kier alpha value is -2.12. The average molecular weight is 488 g/mol. The first-order valence-electron chi connectivity index (χ1n) is 12.1. The second kappa shape index (κ2) is 9.50. The highest BCUT2D eigenvalue weighted by Gasteiger charge is 2.28. The molecule has 1 N–H and O–H groups in total. The lowest BCUT2D eigenvalue weighted by Gasteiger charge is -2.35. The number of aromatic hydroxyl groups is 1. The number of benzene rings is 1. The van der Waals surface area contributed by atoms with Gasteiger partial charge >= 0.3 is 6.09 Å². The number of hydrogen-bond acceptors (Lipinski definition) is 6. The molecule has 6 nitrogen and oxygen atoms in total. The normalized spacial score (nSPS) is 16.1. The standard InChI is InChI=1S/C27H41N3O3S/c1-25(2,3)19-14-18(15-20(23(19)31)26(4,5)6)21-17-34-22(28-21)16-29-10-12-30(13-11-29)24(32)33-27(7,8)9/h14-15,17,31H,10-13,16H2,1-9H3. The fraction of sp³-hybridized carbons (Fsp3) is 0.630. The van der Waals surface area contributed by atoms with E-state index in [0.29, 0.717) is 18.8 Å². The fourth-order valence-corrected chi connectivity index (χ4v) is 4.89. The molecule has 0 unspecified atom stereocenters. The van der Waals surface area contributed by atoms with Gasteiger partial charge in [-0.05, 0) is 43.7 Å². The number of phenols is 1. The first-order valence-corrected chi connectivity index (χ1v) is 13.0. The number of aromatic nitrogens is 1. The molecular formula is C27H41N3O3S. The van der Waals surface area contributed by atoms with Crippen LogP contribution in [0, 0.1) is 0 Å². The molecule has 1 aliphatic heterocycles. The maximum atomic E-state index is 12.3. The monoisotopic (exact) mass is 487 g/mol. The van der Waals surface area contributed by atoms with Gasteiger partial charge < -0.3 is 14.7 Å². The van der Waals surface area contributed by atoms with Crippen molar-refractivity contribution in [3.05, 3.63) is 33.6 Å². The summed E-state index contributed by atoms with van der Waals surface area (Å²) in [5.74, 6) is 0.391. The van der Waals surface area contributed by atoms with Crippen molar-refractivity contribution in [1.82, 2.24) is 14.8 Å². The van der Waals surface area contributed by atoms with Crippen molar-refractivity contribution in [3.8, 4) is 17.0 Å².